The van der Waals surface area contributed by atoms with Gasteiger partial charge in [0.1, 0.15) is 23.9 Å². The number of rotatable bonds is 9. The van der Waals surface area contributed by atoms with Gasteiger partial charge in [0, 0.05) is 32.8 Å². The maximum absolute atomic E-state index is 13.7. The lowest BCUT2D eigenvalue weighted by Crippen LogP contribution is -2.47. The van der Waals surface area contributed by atoms with Gasteiger partial charge in [0.2, 0.25) is 0 Å². The van der Waals surface area contributed by atoms with E-state index < -0.39 is 0 Å². The largest absolute Gasteiger partial charge is 0.497 e. The van der Waals surface area contributed by atoms with Gasteiger partial charge in [-0.3, -0.25) is 9.59 Å². The van der Waals surface area contributed by atoms with Gasteiger partial charge in [0.15, 0.2) is 6.61 Å². The average molecular weight is 575 g/mol. The predicted molar refractivity (Wildman–Crippen MR) is 162 cm³/mol. The Morgan fingerprint density at radius 2 is 1.62 bits per heavy atom. The lowest BCUT2D eigenvalue weighted by molar-refractivity contribution is -0.136. The Morgan fingerprint density at radius 1 is 0.881 bits per heavy atom. The summed E-state index contributed by atoms with van der Waals surface area (Å²) in [6.07, 6.45) is 4.24. The van der Waals surface area contributed by atoms with Crippen molar-refractivity contribution in [1.82, 2.24) is 9.80 Å². The van der Waals surface area contributed by atoms with Gasteiger partial charge in [0.25, 0.3) is 11.8 Å². The topological polar surface area (TPSA) is 77.5 Å². The number of benzene rings is 3. The summed E-state index contributed by atoms with van der Waals surface area (Å²) in [7, 11) is 3.25. The minimum absolute atomic E-state index is 0.0704. The Balaban J connectivity index is 1.59. The van der Waals surface area contributed by atoms with E-state index in [0.29, 0.717) is 55.5 Å². The molecule has 0 bridgehead atoms. The standard InChI is InChI=1S/C34H42N2O6/c1-39-22-21-35-19-10-3-4-11-20-36(33(37)26-41-30-16-12-15-29(24-30)40-2)28(23-27-13-6-5-7-14-27)25-42-32-18-9-8-17-31(32)34(35)38/h5-9,12-18,24,28H,3-4,10-11,19-23,25-26H2,1-2H3/t28-/m0/s1. The van der Waals surface area contributed by atoms with E-state index >= 15 is 0 Å². The average Bonchev–Trinajstić information content (AvgIpc) is 3.03. The minimum Gasteiger partial charge on any atom is -0.497 e. The molecular formula is C34H42N2O6. The van der Waals surface area contributed by atoms with Crippen molar-refractivity contribution < 1.29 is 28.5 Å². The number of carbonyl (C=O) groups excluding carboxylic acids is 2. The zero-order chi connectivity index (χ0) is 29.6. The molecule has 224 valence electrons. The smallest absolute Gasteiger partial charge is 0.260 e. The SMILES string of the molecule is COCCN1CCCCCCN(C(=O)COc2cccc(OC)c2)[C@@H](Cc2ccccc2)COc2ccccc2C1=O. The van der Waals surface area contributed by atoms with Crippen LogP contribution in [-0.2, 0) is 16.0 Å². The third-order valence-corrected chi connectivity index (χ3v) is 7.46. The zero-order valence-corrected chi connectivity index (χ0v) is 24.7. The summed E-state index contributed by atoms with van der Waals surface area (Å²) in [4.78, 5) is 31.1. The minimum atomic E-state index is -0.260. The third-order valence-electron chi connectivity index (χ3n) is 7.46. The van der Waals surface area contributed by atoms with Crippen LogP contribution in [0.5, 0.6) is 17.2 Å². The second-order valence-electron chi connectivity index (χ2n) is 10.4. The highest BCUT2D eigenvalue weighted by Crippen LogP contribution is 2.24. The fraction of sp³-hybridized carbons (Fsp3) is 0.412. The van der Waals surface area contributed by atoms with Crippen molar-refractivity contribution in [2.75, 3.05) is 53.7 Å². The fourth-order valence-electron chi connectivity index (χ4n) is 5.16. The van der Waals surface area contributed by atoms with Crippen LogP contribution in [0.3, 0.4) is 0 Å². The molecular weight excluding hydrogens is 532 g/mol. The summed E-state index contributed by atoms with van der Waals surface area (Å²) >= 11 is 0. The summed E-state index contributed by atoms with van der Waals surface area (Å²) in [5.74, 6) is 1.58. The molecule has 0 spiro atoms. The zero-order valence-electron chi connectivity index (χ0n) is 24.7. The molecule has 1 heterocycles. The number of hydrogen-bond acceptors (Lipinski definition) is 6. The van der Waals surface area contributed by atoms with Gasteiger partial charge in [-0.1, -0.05) is 61.4 Å². The molecule has 0 saturated carbocycles. The number of nitrogens with zero attached hydrogens (tertiary/aromatic N) is 2. The van der Waals surface area contributed by atoms with Crippen LogP contribution in [0.1, 0.15) is 41.6 Å². The second kappa shape index (κ2) is 16.4. The number of amides is 2. The van der Waals surface area contributed by atoms with Crippen LogP contribution in [0.15, 0.2) is 78.9 Å². The van der Waals surface area contributed by atoms with Gasteiger partial charge in [-0.2, -0.15) is 0 Å². The van der Waals surface area contributed by atoms with E-state index in [1.165, 1.54) is 0 Å². The summed E-state index contributed by atoms with van der Waals surface area (Å²) in [5.41, 5.74) is 1.62. The fourth-order valence-corrected chi connectivity index (χ4v) is 5.16. The van der Waals surface area contributed by atoms with E-state index in [2.05, 4.69) is 12.1 Å². The molecule has 0 aliphatic carbocycles. The van der Waals surface area contributed by atoms with Crippen LogP contribution in [-0.4, -0.2) is 81.3 Å². The predicted octanol–water partition coefficient (Wildman–Crippen LogP) is 5.26. The van der Waals surface area contributed by atoms with Crippen molar-refractivity contribution in [3.8, 4) is 17.2 Å². The second-order valence-corrected chi connectivity index (χ2v) is 10.4. The number of para-hydroxylation sites is 1. The summed E-state index contributed by atoms with van der Waals surface area (Å²) < 4.78 is 22.9. The monoisotopic (exact) mass is 574 g/mol. The van der Waals surface area contributed by atoms with E-state index in [1.807, 2.05) is 64.4 Å². The molecule has 0 N–H and O–H groups in total. The quantitative estimate of drug-likeness (QED) is 0.347. The molecule has 0 aromatic heterocycles. The Morgan fingerprint density at radius 3 is 2.40 bits per heavy atom. The molecule has 0 unspecified atom stereocenters. The first-order chi connectivity index (χ1) is 20.6. The van der Waals surface area contributed by atoms with Gasteiger partial charge in [-0.05, 0) is 49.1 Å². The molecule has 3 aromatic carbocycles. The van der Waals surface area contributed by atoms with Gasteiger partial charge >= 0.3 is 0 Å². The van der Waals surface area contributed by atoms with E-state index in [-0.39, 0.29) is 31.1 Å². The van der Waals surface area contributed by atoms with E-state index in [1.54, 1.807) is 26.4 Å². The first-order valence-corrected chi connectivity index (χ1v) is 14.7. The van der Waals surface area contributed by atoms with Crippen molar-refractivity contribution in [2.24, 2.45) is 0 Å². The first-order valence-electron chi connectivity index (χ1n) is 14.7. The van der Waals surface area contributed by atoms with Gasteiger partial charge in [-0.25, -0.2) is 0 Å². The Bertz CT molecular complexity index is 1270. The highest BCUT2D eigenvalue weighted by molar-refractivity contribution is 5.97. The van der Waals surface area contributed by atoms with Crippen molar-refractivity contribution in [3.05, 3.63) is 90.0 Å². The van der Waals surface area contributed by atoms with Crippen LogP contribution in [0.4, 0.5) is 0 Å². The third kappa shape index (κ3) is 8.98. The maximum Gasteiger partial charge on any atom is 0.260 e. The van der Waals surface area contributed by atoms with Crippen molar-refractivity contribution in [3.63, 3.8) is 0 Å². The van der Waals surface area contributed by atoms with Crippen LogP contribution >= 0.6 is 0 Å². The molecule has 1 atom stereocenters. The summed E-state index contributed by atoms with van der Waals surface area (Å²) in [6, 6.07) is 24.4. The molecule has 4 rings (SSSR count). The van der Waals surface area contributed by atoms with Crippen molar-refractivity contribution in [2.45, 2.75) is 38.1 Å². The molecule has 1 aliphatic heterocycles. The molecule has 8 nitrogen and oxygen atoms in total. The van der Waals surface area contributed by atoms with E-state index in [9.17, 15) is 9.59 Å². The lowest BCUT2D eigenvalue weighted by Gasteiger charge is -2.33. The highest BCUT2D eigenvalue weighted by atomic mass is 16.5. The number of fused-ring (bicyclic) bond motifs is 1. The molecule has 0 saturated heterocycles. The number of hydrogen-bond donors (Lipinski definition) is 0. The Labute approximate surface area is 249 Å². The molecule has 1 aliphatic rings. The van der Waals surface area contributed by atoms with Crippen molar-refractivity contribution in [1.29, 1.82) is 0 Å². The maximum atomic E-state index is 13.7. The van der Waals surface area contributed by atoms with Crippen LogP contribution in [0, 0.1) is 0 Å². The molecule has 8 heteroatoms. The van der Waals surface area contributed by atoms with Crippen LogP contribution in [0.25, 0.3) is 0 Å². The number of methoxy groups -OCH3 is 2. The summed E-state index contributed by atoms with van der Waals surface area (Å²) in [6.45, 7) is 2.38. The molecule has 42 heavy (non-hydrogen) atoms. The molecule has 2 amide bonds. The molecule has 3 aromatic rings. The van der Waals surface area contributed by atoms with Crippen LogP contribution in [0.2, 0.25) is 0 Å². The van der Waals surface area contributed by atoms with Gasteiger partial charge in [-0.15, -0.1) is 0 Å². The van der Waals surface area contributed by atoms with Gasteiger partial charge < -0.3 is 28.7 Å². The van der Waals surface area contributed by atoms with Gasteiger partial charge in [0.05, 0.1) is 25.3 Å². The summed E-state index contributed by atoms with van der Waals surface area (Å²) in [5, 5.41) is 0. The molecule has 0 fully saturated rings. The first kappa shape index (κ1) is 30.9. The normalized spacial score (nSPS) is 16.6. The Hall–Kier alpha value is -4.04. The van der Waals surface area contributed by atoms with Crippen LogP contribution < -0.4 is 14.2 Å². The van der Waals surface area contributed by atoms with E-state index in [4.69, 9.17) is 18.9 Å². The number of carbonyl (C=O) groups is 2. The molecule has 0 radical (unpaired) electrons. The Kier molecular flexibility index (Phi) is 12.1. The van der Waals surface area contributed by atoms with E-state index in [0.717, 1.165) is 31.2 Å². The lowest BCUT2D eigenvalue weighted by atomic mass is 10.0. The highest BCUT2D eigenvalue weighted by Gasteiger charge is 2.27. The number of ether oxygens (including phenoxy) is 4. The van der Waals surface area contributed by atoms with Crippen molar-refractivity contribution >= 4 is 11.8 Å².